The van der Waals surface area contributed by atoms with Crippen molar-refractivity contribution in [2.45, 2.75) is 0 Å². The molecule has 2 rings (SSSR count). The van der Waals surface area contributed by atoms with E-state index in [9.17, 15) is 0 Å². The molecule has 0 unspecified atom stereocenters. The van der Waals surface area contributed by atoms with Gasteiger partial charge in [0.15, 0.2) is 0 Å². The first kappa shape index (κ1) is 12.6. The van der Waals surface area contributed by atoms with E-state index in [1.165, 1.54) is 0 Å². The van der Waals surface area contributed by atoms with Gasteiger partial charge in [0.1, 0.15) is 5.62 Å². The van der Waals surface area contributed by atoms with E-state index in [1.54, 1.807) is 7.05 Å². The Bertz CT molecular complexity index is 494. The summed E-state index contributed by atoms with van der Waals surface area (Å²) in [6.45, 7) is 0. The van der Waals surface area contributed by atoms with E-state index < -0.39 is 0 Å². The molecule has 0 saturated heterocycles. The molecule has 0 amide bonds. The molecule has 0 aliphatic rings. The Morgan fingerprint density at radius 1 is 1.25 bits per heavy atom. The van der Waals surface area contributed by atoms with Crippen LogP contribution in [0.3, 0.4) is 0 Å². The van der Waals surface area contributed by atoms with Gasteiger partial charge < -0.3 is 25.3 Å². The van der Waals surface area contributed by atoms with Crippen LogP contribution in [-0.4, -0.2) is 22.0 Å². The SMILES string of the molecule is CN=c1n[c-]nc(Nc2ccccc2)[nH]1.[W]. The second-order valence-electron chi connectivity index (χ2n) is 2.84. The zero-order valence-corrected chi connectivity index (χ0v) is 11.6. The van der Waals surface area contributed by atoms with Crippen LogP contribution in [0, 0.1) is 6.33 Å². The van der Waals surface area contributed by atoms with Gasteiger partial charge >= 0.3 is 0 Å². The van der Waals surface area contributed by atoms with Crippen molar-refractivity contribution in [3.05, 3.63) is 42.3 Å². The van der Waals surface area contributed by atoms with Crippen molar-refractivity contribution in [2.75, 3.05) is 12.4 Å². The van der Waals surface area contributed by atoms with Crippen molar-refractivity contribution >= 4 is 11.6 Å². The average molecular weight is 384 g/mol. The minimum Gasteiger partial charge on any atom is -0.401 e. The van der Waals surface area contributed by atoms with Gasteiger partial charge in [-0.2, -0.15) is 0 Å². The minimum absolute atomic E-state index is 0. The van der Waals surface area contributed by atoms with Crippen LogP contribution < -0.4 is 10.9 Å². The van der Waals surface area contributed by atoms with E-state index >= 15 is 0 Å². The summed E-state index contributed by atoms with van der Waals surface area (Å²) in [5.41, 5.74) is 1.44. The average Bonchev–Trinajstić information content (AvgIpc) is 2.31. The molecule has 6 heteroatoms. The van der Waals surface area contributed by atoms with Crippen molar-refractivity contribution in [2.24, 2.45) is 4.99 Å². The van der Waals surface area contributed by atoms with Crippen LogP contribution in [0.2, 0.25) is 0 Å². The number of hydrogen-bond donors (Lipinski definition) is 2. The summed E-state index contributed by atoms with van der Waals surface area (Å²) in [6, 6.07) is 9.72. The zero-order valence-electron chi connectivity index (χ0n) is 8.64. The Morgan fingerprint density at radius 3 is 2.69 bits per heavy atom. The van der Waals surface area contributed by atoms with Gasteiger partial charge in [0.2, 0.25) is 0 Å². The summed E-state index contributed by atoms with van der Waals surface area (Å²) in [7, 11) is 1.65. The maximum Gasteiger partial charge on any atom is 0.110 e. The first-order valence-corrected chi connectivity index (χ1v) is 4.48. The summed E-state index contributed by atoms with van der Waals surface area (Å²) in [5.74, 6) is 0.566. The molecule has 0 aliphatic carbocycles. The van der Waals surface area contributed by atoms with Crippen LogP contribution in [0.5, 0.6) is 0 Å². The first-order valence-electron chi connectivity index (χ1n) is 4.48. The molecular weight excluding hydrogens is 374 g/mol. The molecule has 0 fully saturated rings. The number of aromatic nitrogens is 3. The molecule has 1 aromatic carbocycles. The monoisotopic (exact) mass is 384 g/mol. The van der Waals surface area contributed by atoms with E-state index in [0.29, 0.717) is 11.6 Å². The third-order valence-electron chi connectivity index (χ3n) is 1.80. The molecule has 0 saturated carbocycles. The molecule has 0 spiro atoms. The Balaban J connectivity index is 0.00000128. The van der Waals surface area contributed by atoms with Gasteiger partial charge in [-0.25, -0.2) is 0 Å². The fourth-order valence-electron chi connectivity index (χ4n) is 1.11. The number of para-hydroxylation sites is 1. The van der Waals surface area contributed by atoms with Crippen molar-refractivity contribution < 1.29 is 21.1 Å². The summed E-state index contributed by atoms with van der Waals surface area (Å²) >= 11 is 0. The third kappa shape index (κ3) is 3.28. The van der Waals surface area contributed by atoms with E-state index in [-0.39, 0.29) is 21.1 Å². The van der Waals surface area contributed by atoms with Crippen LogP contribution in [0.1, 0.15) is 0 Å². The standard InChI is InChI=1S/C10H10N5.W/c1-11-9-12-7-13-10(15-9)14-8-5-3-2-4-6-8;/h2-6H,1H3,(H2,11,12,13,14,15);/q-1;. The van der Waals surface area contributed by atoms with Gasteiger partial charge in [-0.1, -0.05) is 18.2 Å². The number of H-pyrrole nitrogens is 1. The summed E-state index contributed by atoms with van der Waals surface area (Å²) in [5, 5.41) is 3.08. The Hall–Kier alpha value is -1.48. The van der Waals surface area contributed by atoms with E-state index in [2.05, 4.69) is 31.6 Å². The van der Waals surface area contributed by atoms with E-state index in [0.717, 1.165) is 5.69 Å². The molecule has 0 aliphatic heterocycles. The van der Waals surface area contributed by atoms with Crippen molar-refractivity contribution in [3.8, 4) is 0 Å². The number of anilines is 2. The minimum atomic E-state index is 0. The quantitative estimate of drug-likeness (QED) is 0.756. The number of nitrogens with zero attached hydrogens (tertiary/aromatic N) is 3. The maximum absolute atomic E-state index is 3.92. The first-order chi connectivity index (χ1) is 7.38. The van der Waals surface area contributed by atoms with E-state index in [4.69, 9.17) is 0 Å². The predicted octanol–water partition coefficient (Wildman–Crippen LogP) is 0.876. The molecule has 2 N–H and O–H groups in total. The van der Waals surface area contributed by atoms with Gasteiger partial charge in [0.25, 0.3) is 0 Å². The van der Waals surface area contributed by atoms with Crippen LogP contribution >= 0.6 is 0 Å². The summed E-state index contributed by atoms with van der Waals surface area (Å²) in [4.78, 5) is 14.5. The number of benzene rings is 1. The largest absolute Gasteiger partial charge is 0.401 e. The zero-order chi connectivity index (χ0) is 10.5. The van der Waals surface area contributed by atoms with Gasteiger partial charge in [0, 0.05) is 40.1 Å². The number of rotatable bonds is 2. The fourth-order valence-corrected chi connectivity index (χ4v) is 1.11. The van der Waals surface area contributed by atoms with Crippen molar-refractivity contribution in [1.82, 2.24) is 15.0 Å². The number of nitrogens with one attached hydrogen (secondary N) is 2. The second kappa shape index (κ2) is 6.18. The van der Waals surface area contributed by atoms with Crippen molar-refractivity contribution in [3.63, 3.8) is 0 Å². The van der Waals surface area contributed by atoms with Crippen LogP contribution in [0.4, 0.5) is 11.6 Å². The predicted molar refractivity (Wildman–Crippen MR) is 56.4 cm³/mol. The molecule has 0 bridgehead atoms. The Morgan fingerprint density at radius 2 is 2.00 bits per heavy atom. The molecular formula is C10H10N5W-. The molecule has 0 radical (unpaired) electrons. The summed E-state index contributed by atoms with van der Waals surface area (Å²) < 4.78 is 0. The Kier molecular flexibility index (Phi) is 4.86. The van der Waals surface area contributed by atoms with Crippen LogP contribution in [0.25, 0.3) is 0 Å². The van der Waals surface area contributed by atoms with Gasteiger partial charge in [0.05, 0.1) is 5.95 Å². The molecule has 0 atom stereocenters. The molecule has 1 aromatic heterocycles. The Labute approximate surface area is 107 Å². The van der Waals surface area contributed by atoms with Gasteiger partial charge in [-0.05, 0) is 12.1 Å². The maximum atomic E-state index is 3.92. The third-order valence-corrected chi connectivity index (χ3v) is 1.80. The number of hydrogen-bond acceptors (Lipinski definition) is 4. The van der Waals surface area contributed by atoms with Crippen molar-refractivity contribution in [1.29, 1.82) is 0 Å². The van der Waals surface area contributed by atoms with Gasteiger partial charge in [-0.3, -0.25) is 0 Å². The van der Waals surface area contributed by atoms with E-state index in [1.807, 2.05) is 30.3 Å². The topological polar surface area (TPSA) is 66.0 Å². The smallest absolute Gasteiger partial charge is 0.110 e. The molecule has 1 heterocycles. The fraction of sp³-hybridized carbons (Fsp3) is 0.100. The molecule has 2 aromatic rings. The molecule has 82 valence electrons. The van der Waals surface area contributed by atoms with Gasteiger partial charge in [-0.15, -0.1) is 0 Å². The van der Waals surface area contributed by atoms with Crippen LogP contribution in [0.15, 0.2) is 35.3 Å². The molecule has 16 heavy (non-hydrogen) atoms. The van der Waals surface area contributed by atoms with Crippen LogP contribution in [-0.2, 0) is 21.1 Å². The summed E-state index contributed by atoms with van der Waals surface area (Å²) in [6.07, 6.45) is 2.51. The molecule has 5 nitrogen and oxygen atoms in total. The normalized spacial score (nSPS) is 10.7. The second-order valence-corrected chi connectivity index (χ2v) is 2.84. The number of aromatic amines is 1.